The lowest BCUT2D eigenvalue weighted by molar-refractivity contribution is -0.390. The number of nitro groups is 1. The number of amides is 1. The average molecular weight is 423 g/mol. The van der Waals surface area contributed by atoms with E-state index in [0.29, 0.717) is 13.0 Å². The lowest BCUT2D eigenvalue weighted by atomic mass is 10.2. The molecule has 11 heteroatoms. The Balaban J connectivity index is 2.13. The number of carbonyl (C=O) groups excluding carboxylic acids is 1. The van der Waals surface area contributed by atoms with Crippen LogP contribution in [0.1, 0.15) is 26.2 Å². The Labute approximate surface area is 148 Å². The highest BCUT2D eigenvalue weighted by molar-refractivity contribution is 9.10. The molecule has 1 atom stereocenters. The van der Waals surface area contributed by atoms with Gasteiger partial charge in [-0.1, -0.05) is 13.3 Å². The van der Waals surface area contributed by atoms with Crippen LogP contribution < -0.4 is 0 Å². The monoisotopic (exact) mass is 422 g/mol. The van der Waals surface area contributed by atoms with Gasteiger partial charge in [0.25, 0.3) is 0 Å². The van der Waals surface area contributed by atoms with E-state index in [1.54, 1.807) is 4.90 Å². The molecule has 0 radical (unpaired) electrons. The summed E-state index contributed by atoms with van der Waals surface area (Å²) in [7, 11) is -3.10. The maximum absolute atomic E-state index is 12.6. The van der Waals surface area contributed by atoms with E-state index < -0.39 is 14.8 Å². The highest BCUT2D eigenvalue weighted by atomic mass is 79.9. The molecule has 134 valence electrons. The average Bonchev–Trinajstić information content (AvgIpc) is 3.02. The third-order valence-electron chi connectivity index (χ3n) is 3.89. The van der Waals surface area contributed by atoms with Gasteiger partial charge in [-0.2, -0.15) is 4.68 Å². The first-order chi connectivity index (χ1) is 11.2. The molecule has 1 unspecified atom stereocenters. The minimum absolute atomic E-state index is 0.0224. The zero-order valence-corrected chi connectivity index (χ0v) is 15.6. The van der Waals surface area contributed by atoms with Crippen molar-refractivity contribution in [3.8, 4) is 0 Å². The smallest absolute Gasteiger partial charge is 0.358 e. The van der Waals surface area contributed by atoms with E-state index in [4.69, 9.17) is 0 Å². The number of unbranched alkanes of at least 4 members (excludes halogenated alkanes) is 1. The number of aromatic nitrogens is 2. The maximum Gasteiger partial charge on any atom is 0.404 e. The van der Waals surface area contributed by atoms with E-state index in [9.17, 15) is 23.3 Å². The van der Waals surface area contributed by atoms with Gasteiger partial charge in [0.1, 0.15) is 11.0 Å². The van der Waals surface area contributed by atoms with E-state index in [1.807, 2.05) is 6.92 Å². The van der Waals surface area contributed by atoms with Crippen LogP contribution in [0.4, 0.5) is 5.82 Å². The first kappa shape index (κ1) is 18.8. The first-order valence-corrected chi connectivity index (χ1v) is 10.2. The molecule has 1 amide bonds. The van der Waals surface area contributed by atoms with Crippen LogP contribution in [0.2, 0.25) is 0 Å². The van der Waals surface area contributed by atoms with E-state index in [0.717, 1.165) is 12.8 Å². The van der Waals surface area contributed by atoms with Crippen molar-refractivity contribution in [3.05, 3.63) is 20.8 Å². The topological polar surface area (TPSA) is 115 Å². The van der Waals surface area contributed by atoms with E-state index in [2.05, 4.69) is 21.0 Å². The summed E-state index contributed by atoms with van der Waals surface area (Å²) in [6.45, 7) is 2.30. The molecule has 0 saturated carbocycles. The van der Waals surface area contributed by atoms with Crippen LogP contribution >= 0.6 is 15.9 Å². The molecule has 0 aromatic carbocycles. The molecule has 1 fully saturated rings. The van der Waals surface area contributed by atoms with E-state index >= 15 is 0 Å². The molecule has 0 spiro atoms. The van der Waals surface area contributed by atoms with Gasteiger partial charge >= 0.3 is 5.82 Å². The summed E-state index contributed by atoms with van der Waals surface area (Å²) in [6, 6.07) is -0.331. The molecule has 9 nitrogen and oxygen atoms in total. The molecule has 2 rings (SSSR count). The van der Waals surface area contributed by atoms with E-state index in [1.165, 1.54) is 10.9 Å². The van der Waals surface area contributed by atoms with Crippen LogP contribution in [0.3, 0.4) is 0 Å². The Hall–Kier alpha value is -1.49. The number of carbonyl (C=O) groups is 1. The Bertz CT molecular complexity index is 733. The van der Waals surface area contributed by atoms with Crippen molar-refractivity contribution >= 4 is 37.5 Å². The molecule has 0 aliphatic carbocycles. The van der Waals surface area contributed by atoms with Gasteiger partial charge in [0.15, 0.2) is 9.84 Å². The molecule has 24 heavy (non-hydrogen) atoms. The second kappa shape index (κ2) is 7.60. The molecule has 1 aliphatic heterocycles. The number of halogens is 1. The summed E-state index contributed by atoms with van der Waals surface area (Å²) in [5.74, 6) is -0.570. The van der Waals surface area contributed by atoms with Gasteiger partial charge < -0.3 is 15.0 Å². The number of hydrogen-bond acceptors (Lipinski definition) is 6. The predicted octanol–water partition coefficient (Wildman–Crippen LogP) is 1.37. The molecule has 1 aromatic heterocycles. The minimum atomic E-state index is -3.10. The number of rotatable bonds is 7. The van der Waals surface area contributed by atoms with Crippen LogP contribution in [0, 0.1) is 10.1 Å². The Morgan fingerprint density at radius 1 is 1.58 bits per heavy atom. The Morgan fingerprint density at radius 3 is 2.79 bits per heavy atom. The largest absolute Gasteiger partial charge is 0.404 e. The molecule has 1 aliphatic rings. The lowest BCUT2D eigenvalue weighted by Gasteiger charge is -2.27. The van der Waals surface area contributed by atoms with Crippen LogP contribution in [0.15, 0.2) is 10.7 Å². The van der Waals surface area contributed by atoms with Crippen molar-refractivity contribution < 1.29 is 18.1 Å². The zero-order valence-electron chi connectivity index (χ0n) is 13.2. The Morgan fingerprint density at radius 2 is 2.29 bits per heavy atom. The number of sulfone groups is 1. The van der Waals surface area contributed by atoms with Gasteiger partial charge in [0.05, 0.1) is 22.8 Å². The SMILES string of the molecule is CCCCN(C(=O)Cn1cc(Br)c([N+](=O)[O-])n1)C1CCS(=O)(=O)C1. The van der Waals surface area contributed by atoms with Gasteiger partial charge in [-0.3, -0.25) is 4.79 Å². The third kappa shape index (κ3) is 4.53. The molecule has 1 aromatic rings. The molecule has 2 heterocycles. The van der Waals surface area contributed by atoms with Crippen molar-refractivity contribution in [3.63, 3.8) is 0 Å². The standard InChI is InChI=1S/C13H19BrN4O5S/c1-2-3-5-17(10-4-6-24(22,23)9-10)12(19)8-16-7-11(14)13(15-16)18(20)21/h7,10H,2-6,8-9H2,1H3. The number of nitrogens with zero attached hydrogens (tertiary/aromatic N) is 4. The third-order valence-corrected chi connectivity index (χ3v) is 6.20. The van der Waals surface area contributed by atoms with Crippen LogP contribution in [-0.2, 0) is 21.2 Å². The summed E-state index contributed by atoms with van der Waals surface area (Å²) in [5, 5.41) is 14.6. The van der Waals surface area contributed by atoms with Crippen molar-refractivity contribution in [2.24, 2.45) is 0 Å². The minimum Gasteiger partial charge on any atom is -0.358 e. The van der Waals surface area contributed by atoms with Crippen LogP contribution in [0.25, 0.3) is 0 Å². The fourth-order valence-electron chi connectivity index (χ4n) is 2.68. The summed E-state index contributed by atoms with van der Waals surface area (Å²) < 4.78 is 24.8. The zero-order chi connectivity index (χ0) is 17.9. The van der Waals surface area contributed by atoms with Crippen molar-refractivity contribution in [1.82, 2.24) is 14.7 Å². The predicted molar refractivity (Wildman–Crippen MR) is 90.3 cm³/mol. The molecule has 0 N–H and O–H groups in total. The highest BCUT2D eigenvalue weighted by Gasteiger charge is 2.34. The Kier molecular flexibility index (Phi) is 5.97. The maximum atomic E-state index is 12.6. The second-order valence-corrected chi connectivity index (χ2v) is 8.84. The quantitative estimate of drug-likeness (QED) is 0.483. The summed E-state index contributed by atoms with van der Waals surface area (Å²) >= 11 is 3.04. The molecular formula is C13H19BrN4O5S. The summed E-state index contributed by atoms with van der Waals surface area (Å²) in [6.07, 6.45) is 3.45. The van der Waals surface area contributed by atoms with Crippen molar-refractivity contribution in [2.75, 3.05) is 18.1 Å². The fourth-order valence-corrected chi connectivity index (χ4v) is 4.87. The normalized spacial score (nSPS) is 19.3. The molecule has 0 bridgehead atoms. The lowest BCUT2D eigenvalue weighted by Crippen LogP contribution is -2.43. The van der Waals surface area contributed by atoms with Crippen molar-refractivity contribution in [2.45, 2.75) is 38.8 Å². The van der Waals surface area contributed by atoms with Gasteiger partial charge in [-0.05, 0) is 33.7 Å². The summed E-state index contributed by atoms with van der Waals surface area (Å²) in [5.41, 5.74) is 0. The van der Waals surface area contributed by atoms with Gasteiger partial charge in [-0.25, -0.2) is 8.42 Å². The first-order valence-electron chi connectivity index (χ1n) is 7.60. The van der Waals surface area contributed by atoms with Crippen molar-refractivity contribution in [1.29, 1.82) is 0 Å². The highest BCUT2D eigenvalue weighted by Crippen LogP contribution is 2.23. The fraction of sp³-hybridized carbons (Fsp3) is 0.692. The molecular weight excluding hydrogens is 404 g/mol. The van der Waals surface area contributed by atoms with E-state index in [-0.39, 0.29) is 40.3 Å². The van der Waals surface area contributed by atoms with Gasteiger partial charge in [0.2, 0.25) is 5.91 Å². The summed E-state index contributed by atoms with van der Waals surface area (Å²) in [4.78, 5) is 24.3. The van der Waals surface area contributed by atoms with Crippen LogP contribution in [0.5, 0.6) is 0 Å². The molecule has 1 saturated heterocycles. The van der Waals surface area contributed by atoms with Gasteiger partial charge in [0, 0.05) is 12.6 Å². The van der Waals surface area contributed by atoms with Crippen LogP contribution in [-0.4, -0.2) is 58.0 Å². The number of hydrogen-bond donors (Lipinski definition) is 0. The van der Waals surface area contributed by atoms with Gasteiger partial charge in [-0.15, -0.1) is 0 Å². The second-order valence-electron chi connectivity index (χ2n) is 5.75.